The van der Waals surface area contributed by atoms with Crippen molar-refractivity contribution in [1.29, 1.82) is 0 Å². The van der Waals surface area contributed by atoms with E-state index in [1.54, 1.807) is 17.2 Å². The minimum atomic E-state index is -0.605. The highest BCUT2D eigenvalue weighted by Crippen LogP contribution is 2.39. The Hall–Kier alpha value is -3.74. The van der Waals surface area contributed by atoms with Crippen LogP contribution in [0.15, 0.2) is 77.7 Å². The normalized spacial score (nSPS) is 17.8. The maximum absolute atomic E-state index is 12.4. The van der Waals surface area contributed by atoms with Crippen LogP contribution in [0.1, 0.15) is 81.0 Å². The molecule has 1 saturated heterocycles. The Morgan fingerprint density at radius 1 is 0.778 bits per heavy atom. The molecule has 240 valence electrons. The molecule has 10 nitrogen and oxygen atoms in total. The number of hydrogen-bond donors (Lipinski definition) is 5. The fraction of sp³-hybridized carbons (Fsp3) is 0.382. The largest absolute Gasteiger partial charge is 0.392 e. The SMILES string of the molecule is CC(=O)Nc1ccc(SC[C@H]2C[C@@H](c3ccc(CO)cc3)O[C@@H](c3ccc(NC(=O)CCCCCCC(=O)NO)cc3)O2)cc1. The monoisotopic (exact) mass is 635 g/mol. The van der Waals surface area contributed by atoms with E-state index in [1.165, 1.54) is 6.92 Å². The van der Waals surface area contributed by atoms with Crippen molar-refractivity contribution in [2.45, 2.75) is 81.9 Å². The molecular weight excluding hydrogens is 594 g/mol. The van der Waals surface area contributed by atoms with Crippen LogP contribution in [0, 0.1) is 0 Å². The summed E-state index contributed by atoms with van der Waals surface area (Å²) < 4.78 is 12.9. The van der Waals surface area contributed by atoms with E-state index in [0.717, 1.165) is 40.1 Å². The van der Waals surface area contributed by atoms with Gasteiger partial charge in [0.05, 0.1) is 18.8 Å². The van der Waals surface area contributed by atoms with Crippen LogP contribution in [0.4, 0.5) is 11.4 Å². The number of thioether (sulfide) groups is 1. The van der Waals surface area contributed by atoms with Gasteiger partial charge in [-0.25, -0.2) is 5.48 Å². The van der Waals surface area contributed by atoms with Gasteiger partial charge in [-0.05, 0) is 60.4 Å². The number of carbonyl (C=O) groups is 3. The average Bonchev–Trinajstić information content (AvgIpc) is 3.06. The fourth-order valence-corrected chi connectivity index (χ4v) is 5.90. The number of aliphatic hydroxyl groups excluding tert-OH is 1. The lowest BCUT2D eigenvalue weighted by Gasteiger charge is -2.36. The second-order valence-corrected chi connectivity index (χ2v) is 12.1. The van der Waals surface area contributed by atoms with Crippen molar-refractivity contribution in [1.82, 2.24) is 5.48 Å². The van der Waals surface area contributed by atoms with E-state index >= 15 is 0 Å². The van der Waals surface area contributed by atoms with Crippen LogP contribution in [0.25, 0.3) is 0 Å². The van der Waals surface area contributed by atoms with Gasteiger partial charge in [-0.3, -0.25) is 19.6 Å². The number of hydrogen-bond acceptors (Lipinski definition) is 8. The Labute approximate surface area is 267 Å². The highest BCUT2D eigenvalue weighted by atomic mass is 32.2. The summed E-state index contributed by atoms with van der Waals surface area (Å²) in [6.45, 7) is 1.46. The molecule has 0 bridgehead atoms. The number of unbranched alkanes of at least 4 members (excludes halogenated alkanes) is 3. The quantitative estimate of drug-likeness (QED) is 0.0569. The number of aliphatic hydroxyl groups is 1. The number of rotatable bonds is 15. The summed E-state index contributed by atoms with van der Waals surface area (Å²) in [5.41, 5.74) is 5.74. The molecule has 0 unspecified atom stereocenters. The number of ether oxygens (including phenoxy) is 2. The van der Waals surface area contributed by atoms with Crippen molar-refractivity contribution in [2.75, 3.05) is 16.4 Å². The minimum Gasteiger partial charge on any atom is -0.392 e. The summed E-state index contributed by atoms with van der Waals surface area (Å²) in [5, 5.41) is 23.7. The van der Waals surface area contributed by atoms with Crippen LogP contribution >= 0.6 is 11.8 Å². The Morgan fingerprint density at radius 2 is 1.38 bits per heavy atom. The molecule has 3 aromatic rings. The van der Waals surface area contributed by atoms with Crippen molar-refractivity contribution < 1.29 is 34.2 Å². The van der Waals surface area contributed by atoms with Gasteiger partial charge in [0, 0.05) is 53.8 Å². The van der Waals surface area contributed by atoms with Crippen molar-refractivity contribution in [3.05, 3.63) is 89.5 Å². The predicted molar refractivity (Wildman–Crippen MR) is 173 cm³/mol. The Kier molecular flexibility index (Phi) is 13.4. The molecule has 1 aliphatic rings. The third kappa shape index (κ3) is 11.3. The maximum atomic E-state index is 12.4. The van der Waals surface area contributed by atoms with Gasteiger partial charge < -0.3 is 25.2 Å². The summed E-state index contributed by atoms with van der Waals surface area (Å²) >= 11 is 1.68. The smallest absolute Gasteiger partial charge is 0.243 e. The molecule has 45 heavy (non-hydrogen) atoms. The number of benzene rings is 3. The number of nitrogens with one attached hydrogen (secondary N) is 3. The zero-order valence-corrected chi connectivity index (χ0v) is 26.2. The van der Waals surface area contributed by atoms with Gasteiger partial charge in [-0.15, -0.1) is 11.8 Å². The molecule has 11 heteroatoms. The summed E-state index contributed by atoms with van der Waals surface area (Å²) in [7, 11) is 0. The Balaban J connectivity index is 1.34. The molecule has 0 radical (unpaired) electrons. The van der Waals surface area contributed by atoms with E-state index in [2.05, 4.69) is 10.6 Å². The molecule has 0 spiro atoms. The molecule has 1 fully saturated rings. The molecule has 1 aliphatic heterocycles. The summed E-state index contributed by atoms with van der Waals surface area (Å²) in [4.78, 5) is 35.9. The highest BCUT2D eigenvalue weighted by molar-refractivity contribution is 7.99. The lowest BCUT2D eigenvalue weighted by Crippen LogP contribution is -2.31. The molecule has 5 N–H and O–H groups in total. The van der Waals surface area contributed by atoms with E-state index in [9.17, 15) is 19.5 Å². The molecule has 1 heterocycles. The average molecular weight is 636 g/mol. The van der Waals surface area contributed by atoms with Crippen molar-refractivity contribution in [2.24, 2.45) is 0 Å². The summed E-state index contributed by atoms with van der Waals surface area (Å²) in [5.74, 6) is 0.122. The van der Waals surface area contributed by atoms with E-state index in [-0.39, 0.29) is 37.0 Å². The van der Waals surface area contributed by atoms with Crippen LogP contribution in [0.2, 0.25) is 0 Å². The van der Waals surface area contributed by atoms with Crippen LogP contribution in [0.5, 0.6) is 0 Å². The predicted octanol–water partition coefficient (Wildman–Crippen LogP) is 6.26. The third-order valence-corrected chi connectivity index (χ3v) is 8.52. The van der Waals surface area contributed by atoms with E-state index in [4.69, 9.17) is 14.7 Å². The summed E-state index contributed by atoms with van der Waals surface area (Å²) in [6, 6.07) is 22.9. The van der Waals surface area contributed by atoms with E-state index < -0.39 is 12.2 Å². The first kappa shape index (κ1) is 34.1. The molecule has 0 saturated carbocycles. The number of hydroxylamine groups is 1. The zero-order valence-electron chi connectivity index (χ0n) is 25.4. The van der Waals surface area contributed by atoms with E-state index in [1.807, 2.05) is 72.8 Å². The van der Waals surface area contributed by atoms with Gasteiger partial charge in [0.15, 0.2) is 6.29 Å². The molecule has 3 amide bonds. The lowest BCUT2D eigenvalue weighted by molar-refractivity contribution is -0.245. The molecule has 3 aromatic carbocycles. The van der Waals surface area contributed by atoms with Crippen LogP contribution < -0.4 is 16.1 Å². The lowest BCUT2D eigenvalue weighted by atomic mass is 10.0. The Morgan fingerprint density at radius 3 is 2.00 bits per heavy atom. The third-order valence-electron chi connectivity index (χ3n) is 7.37. The molecule has 0 aromatic heterocycles. The zero-order chi connectivity index (χ0) is 32.0. The molecular formula is C34H41N3O7S. The first-order valence-electron chi connectivity index (χ1n) is 15.2. The van der Waals surface area contributed by atoms with Gasteiger partial charge in [0.2, 0.25) is 17.7 Å². The maximum Gasteiger partial charge on any atom is 0.243 e. The van der Waals surface area contributed by atoms with Gasteiger partial charge >= 0.3 is 0 Å². The molecule has 4 rings (SSSR count). The Bertz CT molecular complexity index is 1380. The number of carbonyl (C=O) groups excluding carboxylic acids is 3. The van der Waals surface area contributed by atoms with Gasteiger partial charge in [-0.2, -0.15) is 0 Å². The van der Waals surface area contributed by atoms with Crippen LogP contribution in [-0.2, 0) is 30.5 Å². The topological polar surface area (TPSA) is 146 Å². The van der Waals surface area contributed by atoms with Crippen molar-refractivity contribution >= 4 is 40.9 Å². The first-order chi connectivity index (χ1) is 21.8. The highest BCUT2D eigenvalue weighted by Gasteiger charge is 2.32. The fourth-order valence-electron chi connectivity index (χ4n) is 4.98. The van der Waals surface area contributed by atoms with E-state index in [0.29, 0.717) is 37.1 Å². The van der Waals surface area contributed by atoms with Crippen LogP contribution in [0.3, 0.4) is 0 Å². The number of anilines is 2. The standard InChI is InChI=1S/C34H41N3O7S/c1-23(39)35-27-16-18-30(19-17-27)45-22-29-20-31(25-10-8-24(21-38)9-11-25)44-34(43-29)26-12-14-28(15-13-26)36-32(40)6-4-2-3-5-7-33(41)37-42/h8-19,29,31,34,38,42H,2-7,20-22H2,1H3,(H,35,39)(H,36,40)(H,37,41)/t29-,31+,34+/m1/s1. The molecule has 3 atom stereocenters. The van der Waals surface area contributed by atoms with Gasteiger partial charge in [0.1, 0.15) is 0 Å². The summed E-state index contributed by atoms with van der Waals surface area (Å²) in [6.07, 6.45) is 3.42. The molecule has 0 aliphatic carbocycles. The van der Waals surface area contributed by atoms with Gasteiger partial charge in [0.25, 0.3) is 0 Å². The van der Waals surface area contributed by atoms with Crippen LogP contribution in [-0.4, -0.2) is 39.9 Å². The van der Waals surface area contributed by atoms with Gasteiger partial charge in [-0.1, -0.05) is 49.2 Å². The van der Waals surface area contributed by atoms with Crippen molar-refractivity contribution in [3.8, 4) is 0 Å². The van der Waals surface area contributed by atoms with Crippen molar-refractivity contribution in [3.63, 3.8) is 0 Å². The second kappa shape index (κ2) is 17.7. The second-order valence-electron chi connectivity index (χ2n) is 11.0. The number of amides is 3. The minimum absolute atomic E-state index is 0.0219. The first-order valence-corrected chi connectivity index (χ1v) is 16.2.